The lowest BCUT2D eigenvalue weighted by Gasteiger charge is -2.67. The lowest BCUT2D eigenvalue weighted by atomic mass is 9.63. The van der Waals surface area contributed by atoms with E-state index in [-0.39, 0.29) is 17.7 Å². The van der Waals surface area contributed by atoms with Gasteiger partial charge in [0.05, 0.1) is 47.4 Å². The molecule has 0 spiro atoms. The van der Waals surface area contributed by atoms with Crippen LogP contribution in [0.15, 0.2) is 54.6 Å². The van der Waals surface area contributed by atoms with Gasteiger partial charge in [-0.2, -0.15) is 10.2 Å². The Labute approximate surface area is 259 Å². The summed E-state index contributed by atoms with van der Waals surface area (Å²) in [5.74, 6) is 1.89. The maximum Gasteiger partial charge on any atom is 0.335 e. The molecule has 2 aromatic carbocycles. The fourth-order valence-corrected chi connectivity index (χ4v) is 7.68. The standard InChI is InChI=1S/C34H33FN6O4/c35-26-10-20(14-36)4-5-23(26)19-45-32-3-1-2-30(38-32)41-25-11-24(12-25)33-29(41)16-39(33)17-31-37-27-7-6-22(34(42)43)13-28(27)40(31)15-21-8-9-44-18-21/h1-7,10,13,21,24-25,29,33H,8-9,11-12,15-19H2,(H,42,43). The van der Waals surface area contributed by atoms with Gasteiger partial charge < -0.3 is 24.0 Å². The van der Waals surface area contributed by atoms with Crippen LogP contribution in [0.4, 0.5) is 10.2 Å². The van der Waals surface area contributed by atoms with E-state index in [1.165, 1.54) is 6.07 Å². The Hall–Kier alpha value is -4.53. The van der Waals surface area contributed by atoms with E-state index < -0.39 is 11.8 Å². The highest BCUT2D eigenvalue weighted by Crippen LogP contribution is 2.51. The van der Waals surface area contributed by atoms with Crippen LogP contribution in [0.3, 0.4) is 0 Å². The summed E-state index contributed by atoms with van der Waals surface area (Å²) in [7, 11) is 0. The van der Waals surface area contributed by atoms with Gasteiger partial charge in [-0.1, -0.05) is 12.1 Å². The number of piperidine rings is 2. The minimum atomic E-state index is -0.938. The number of pyridine rings is 1. The molecule has 1 N–H and O–H groups in total. The largest absolute Gasteiger partial charge is 0.478 e. The van der Waals surface area contributed by atoms with Gasteiger partial charge in [0.1, 0.15) is 24.1 Å². The molecule has 2 bridgehead atoms. The van der Waals surface area contributed by atoms with Crippen molar-refractivity contribution in [2.24, 2.45) is 11.8 Å². The molecule has 4 aromatic rings. The number of carboxylic acids is 1. The third-order valence-electron chi connectivity index (χ3n) is 10.0. The van der Waals surface area contributed by atoms with Gasteiger partial charge in [0, 0.05) is 49.3 Å². The number of aromatic nitrogens is 3. The molecule has 0 amide bonds. The van der Waals surface area contributed by atoms with Crippen LogP contribution in [0.25, 0.3) is 11.0 Å². The zero-order chi connectivity index (χ0) is 30.7. The average Bonchev–Trinajstić information content (AvgIpc) is 3.66. The second-order valence-corrected chi connectivity index (χ2v) is 12.7. The van der Waals surface area contributed by atoms with Crippen LogP contribution >= 0.6 is 0 Å². The Morgan fingerprint density at radius 2 is 2.04 bits per heavy atom. The molecule has 5 aliphatic rings. The number of ether oxygens (including phenoxy) is 2. The van der Waals surface area contributed by atoms with Gasteiger partial charge in [-0.3, -0.25) is 4.90 Å². The SMILES string of the molecule is N#Cc1ccc(COc2cccc(N3C4CC(C4)C4C3CN4Cc3nc4ccc(C(=O)O)cc4n3CC3CCOC3)n2)c(F)c1. The van der Waals surface area contributed by atoms with E-state index >= 15 is 0 Å². The molecule has 3 atom stereocenters. The quantitative estimate of drug-likeness (QED) is 0.291. The van der Waals surface area contributed by atoms with E-state index in [0.717, 1.165) is 61.6 Å². The van der Waals surface area contributed by atoms with Crippen molar-refractivity contribution in [1.29, 1.82) is 5.26 Å². The molecule has 10 nitrogen and oxygen atoms in total. The van der Waals surface area contributed by atoms with Crippen molar-refractivity contribution in [3.63, 3.8) is 0 Å². The van der Waals surface area contributed by atoms with Gasteiger partial charge in [-0.25, -0.2) is 14.2 Å². The van der Waals surface area contributed by atoms with Crippen LogP contribution < -0.4 is 9.64 Å². The van der Waals surface area contributed by atoms with Gasteiger partial charge in [0.25, 0.3) is 0 Å². The Morgan fingerprint density at radius 3 is 2.82 bits per heavy atom. The normalized spacial score (nSPS) is 25.3. The number of benzene rings is 2. The molecule has 1 saturated carbocycles. The Morgan fingerprint density at radius 1 is 1.16 bits per heavy atom. The first-order valence-electron chi connectivity index (χ1n) is 15.6. The van der Waals surface area contributed by atoms with Crippen molar-refractivity contribution in [3.05, 3.63) is 82.9 Å². The molecular formula is C34H33FN6O4. The summed E-state index contributed by atoms with van der Waals surface area (Å²) in [5, 5.41) is 18.6. The van der Waals surface area contributed by atoms with Crippen molar-refractivity contribution >= 4 is 22.8 Å². The third kappa shape index (κ3) is 4.98. The van der Waals surface area contributed by atoms with Crippen LogP contribution in [0.1, 0.15) is 46.6 Å². The number of carboxylic acid groups (broad SMARTS) is 1. The Kier molecular flexibility index (Phi) is 6.92. The Bertz CT molecular complexity index is 1830. The number of imidazole rings is 1. The number of hydrogen-bond acceptors (Lipinski definition) is 8. The molecule has 3 unspecified atom stereocenters. The first-order chi connectivity index (χ1) is 21.9. The minimum absolute atomic E-state index is 0.0290. The molecule has 6 heterocycles. The van der Waals surface area contributed by atoms with Crippen LogP contribution in [-0.2, 0) is 24.4 Å². The van der Waals surface area contributed by atoms with Crippen LogP contribution in [0, 0.1) is 29.0 Å². The maximum absolute atomic E-state index is 14.4. The molecule has 11 heteroatoms. The summed E-state index contributed by atoms with van der Waals surface area (Å²) in [6.07, 6.45) is 3.21. The van der Waals surface area contributed by atoms with E-state index in [1.54, 1.807) is 30.3 Å². The second kappa shape index (κ2) is 11.1. The van der Waals surface area contributed by atoms with Crippen molar-refractivity contribution < 1.29 is 23.8 Å². The monoisotopic (exact) mass is 608 g/mol. The average molecular weight is 609 g/mol. The second-order valence-electron chi connectivity index (χ2n) is 12.7. The highest BCUT2D eigenvalue weighted by molar-refractivity contribution is 5.92. The summed E-state index contributed by atoms with van der Waals surface area (Å²) in [6, 6.07) is 18.4. The number of fused-ring (bicyclic) bond motifs is 1. The molecule has 5 fully saturated rings. The predicted molar refractivity (Wildman–Crippen MR) is 162 cm³/mol. The molecule has 4 aliphatic heterocycles. The van der Waals surface area contributed by atoms with Gasteiger partial charge in [-0.05, 0) is 61.6 Å². The summed E-state index contributed by atoms with van der Waals surface area (Å²) >= 11 is 0. The zero-order valence-corrected chi connectivity index (χ0v) is 24.7. The number of nitrogens with zero attached hydrogens (tertiary/aromatic N) is 6. The van der Waals surface area contributed by atoms with Crippen LogP contribution in [0.2, 0.25) is 0 Å². The first kappa shape index (κ1) is 28.0. The number of likely N-dealkylation sites (tertiary alicyclic amines) is 1. The first-order valence-corrected chi connectivity index (χ1v) is 15.6. The van der Waals surface area contributed by atoms with Crippen molar-refractivity contribution in [1.82, 2.24) is 19.4 Å². The summed E-state index contributed by atoms with van der Waals surface area (Å²) in [4.78, 5) is 26.6. The van der Waals surface area contributed by atoms with Gasteiger partial charge in [0.15, 0.2) is 0 Å². The van der Waals surface area contributed by atoms with E-state index in [9.17, 15) is 14.3 Å². The summed E-state index contributed by atoms with van der Waals surface area (Å²) < 4.78 is 28.2. The Balaban J connectivity index is 1.00. The smallest absolute Gasteiger partial charge is 0.335 e. The number of anilines is 1. The van der Waals surface area contributed by atoms with Gasteiger partial charge >= 0.3 is 5.97 Å². The number of nitriles is 1. The predicted octanol–water partition coefficient (Wildman–Crippen LogP) is 4.61. The van der Waals surface area contributed by atoms with E-state index in [4.69, 9.17) is 24.7 Å². The molecule has 2 aromatic heterocycles. The maximum atomic E-state index is 14.4. The van der Waals surface area contributed by atoms with Crippen LogP contribution in [0.5, 0.6) is 5.88 Å². The summed E-state index contributed by atoms with van der Waals surface area (Å²) in [6.45, 7) is 3.85. The highest BCUT2D eigenvalue weighted by Gasteiger charge is 2.58. The van der Waals surface area contributed by atoms with Crippen molar-refractivity contribution in [2.75, 3.05) is 24.7 Å². The molecule has 230 valence electrons. The molecule has 4 saturated heterocycles. The fraction of sp³-hybridized carbons (Fsp3) is 0.412. The minimum Gasteiger partial charge on any atom is -0.478 e. The number of carbonyl (C=O) groups is 1. The fourth-order valence-electron chi connectivity index (χ4n) is 7.68. The number of aromatic carboxylic acids is 1. The molecule has 0 radical (unpaired) electrons. The molecule has 1 aliphatic carbocycles. The molecule has 9 rings (SSSR count). The molecular weight excluding hydrogens is 575 g/mol. The summed E-state index contributed by atoms with van der Waals surface area (Å²) in [5.41, 5.74) is 2.61. The highest BCUT2D eigenvalue weighted by atomic mass is 19.1. The topological polar surface area (TPSA) is 117 Å². The van der Waals surface area contributed by atoms with Crippen LogP contribution in [-0.4, -0.2) is 68.4 Å². The third-order valence-corrected chi connectivity index (χ3v) is 10.0. The van der Waals surface area contributed by atoms with Gasteiger partial charge in [-0.15, -0.1) is 0 Å². The van der Waals surface area contributed by atoms with E-state index in [1.807, 2.05) is 24.3 Å². The van der Waals surface area contributed by atoms with Crippen molar-refractivity contribution in [3.8, 4) is 11.9 Å². The lowest BCUT2D eigenvalue weighted by Crippen LogP contribution is -2.78. The lowest BCUT2D eigenvalue weighted by molar-refractivity contribution is -0.0678. The number of rotatable bonds is 9. The number of halogens is 1. The number of hydrogen-bond donors (Lipinski definition) is 1. The molecule has 45 heavy (non-hydrogen) atoms. The zero-order valence-electron chi connectivity index (χ0n) is 24.7. The van der Waals surface area contributed by atoms with Gasteiger partial charge in [0.2, 0.25) is 5.88 Å². The van der Waals surface area contributed by atoms with E-state index in [0.29, 0.717) is 54.6 Å². The van der Waals surface area contributed by atoms with Crippen molar-refractivity contribution in [2.45, 2.75) is 57.1 Å². The van der Waals surface area contributed by atoms with E-state index in [2.05, 4.69) is 14.4 Å².